The number of amides is 1. The number of ether oxygens (including phenoxy) is 2. The Kier molecular flexibility index (Phi) is 7.99. The maximum atomic E-state index is 11.8. The number of nitrogens with one attached hydrogen (secondary N) is 3. The molecule has 2 bridgehead atoms. The Balaban J connectivity index is 0.00000240. The second-order valence-electron chi connectivity index (χ2n) is 7.83. The molecule has 3 fully saturated rings. The summed E-state index contributed by atoms with van der Waals surface area (Å²) in [5.41, 5.74) is 1.04. The fraction of sp³-hybridized carbons (Fsp3) is 0.619. The number of aliphatic imine (C=N–C) groups is 1. The van der Waals surface area contributed by atoms with Gasteiger partial charge in [0.2, 0.25) is 0 Å². The number of nitrogens with zero attached hydrogens (tertiary/aromatic N) is 1. The van der Waals surface area contributed by atoms with Gasteiger partial charge in [-0.25, -0.2) is 4.99 Å². The molecule has 3 atom stereocenters. The quantitative estimate of drug-likeness (QED) is 0.282. The molecule has 1 aliphatic carbocycles. The summed E-state index contributed by atoms with van der Waals surface area (Å²) in [5, 5.41) is 9.77. The average Bonchev–Trinajstić information content (AvgIpc) is 3.26. The topological polar surface area (TPSA) is 84.0 Å². The first kappa shape index (κ1) is 22.1. The summed E-state index contributed by atoms with van der Waals surface area (Å²) in [6.07, 6.45) is 6.26. The molecule has 2 aliphatic heterocycles. The summed E-state index contributed by atoms with van der Waals surface area (Å²) in [4.78, 5) is 16.5. The van der Waals surface area contributed by atoms with Gasteiger partial charge < -0.3 is 25.4 Å². The summed E-state index contributed by atoms with van der Waals surface area (Å²) in [6.45, 7) is 3.47. The van der Waals surface area contributed by atoms with E-state index in [1.54, 1.807) is 0 Å². The Labute approximate surface area is 189 Å². The van der Waals surface area contributed by atoms with E-state index in [-0.39, 0.29) is 36.5 Å². The van der Waals surface area contributed by atoms with E-state index < -0.39 is 0 Å². The minimum absolute atomic E-state index is 0. The highest BCUT2D eigenvalue weighted by Crippen LogP contribution is 2.34. The molecule has 1 aromatic carbocycles. The van der Waals surface area contributed by atoms with Gasteiger partial charge in [-0.15, -0.1) is 24.0 Å². The van der Waals surface area contributed by atoms with E-state index >= 15 is 0 Å². The van der Waals surface area contributed by atoms with Crippen LogP contribution in [0.5, 0.6) is 5.75 Å². The zero-order chi connectivity index (χ0) is 19.3. The molecule has 29 heavy (non-hydrogen) atoms. The predicted molar refractivity (Wildman–Crippen MR) is 123 cm³/mol. The van der Waals surface area contributed by atoms with Crippen molar-refractivity contribution in [3.8, 4) is 5.75 Å². The van der Waals surface area contributed by atoms with Gasteiger partial charge in [-0.2, -0.15) is 0 Å². The van der Waals surface area contributed by atoms with Gasteiger partial charge in [0.1, 0.15) is 5.75 Å². The third kappa shape index (κ3) is 6.47. The van der Waals surface area contributed by atoms with Gasteiger partial charge in [-0.05, 0) is 56.7 Å². The van der Waals surface area contributed by atoms with Gasteiger partial charge in [-0.1, -0.05) is 12.1 Å². The van der Waals surface area contributed by atoms with Crippen LogP contribution in [0, 0.1) is 0 Å². The van der Waals surface area contributed by atoms with Crippen molar-refractivity contribution in [2.24, 2.45) is 4.99 Å². The number of hydrogen-bond acceptors (Lipinski definition) is 4. The van der Waals surface area contributed by atoms with E-state index in [9.17, 15) is 4.79 Å². The van der Waals surface area contributed by atoms with Crippen LogP contribution in [0.25, 0.3) is 0 Å². The Hall–Kier alpha value is -1.55. The molecule has 8 heteroatoms. The SMILES string of the molecule is CCNC(=NCc1cccc(OCC(=O)NC2CC2)c1)NC1CC2CCC1O2.I. The van der Waals surface area contributed by atoms with Gasteiger partial charge in [0.25, 0.3) is 5.91 Å². The number of guanidine groups is 1. The van der Waals surface area contributed by atoms with E-state index in [1.807, 2.05) is 24.3 Å². The first-order chi connectivity index (χ1) is 13.7. The maximum Gasteiger partial charge on any atom is 0.258 e. The van der Waals surface area contributed by atoms with Gasteiger partial charge in [0.15, 0.2) is 12.6 Å². The van der Waals surface area contributed by atoms with Crippen molar-refractivity contribution in [2.45, 2.75) is 69.9 Å². The Bertz CT molecular complexity index is 726. The normalized spacial score (nSPS) is 25.3. The molecule has 160 valence electrons. The minimum atomic E-state index is -0.0577. The summed E-state index contributed by atoms with van der Waals surface area (Å²) in [5.74, 6) is 1.45. The van der Waals surface area contributed by atoms with Crippen molar-refractivity contribution in [2.75, 3.05) is 13.2 Å². The minimum Gasteiger partial charge on any atom is -0.484 e. The second kappa shape index (κ2) is 10.5. The summed E-state index contributed by atoms with van der Waals surface area (Å²) in [6, 6.07) is 8.46. The first-order valence-electron chi connectivity index (χ1n) is 10.4. The van der Waals surface area contributed by atoms with Crippen LogP contribution in [0.4, 0.5) is 0 Å². The summed E-state index contributed by atoms with van der Waals surface area (Å²) in [7, 11) is 0. The number of rotatable bonds is 8. The lowest BCUT2D eigenvalue weighted by atomic mass is 9.96. The number of carbonyl (C=O) groups is 1. The van der Waals surface area contributed by atoms with E-state index in [0.29, 0.717) is 36.6 Å². The van der Waals surface area contributed by atoms with Crippen LogP contribution in [0.3, 0.4) is 0 Å². The molecule has 1 aromatic rings. The number of fused-ring (bicyclic) bond motifs is 2. The van der Waals surface area contributed by atoms with Crippen molar-refractivity contribution >= 4 is 35.8 Å². The number of carbonyl (C=O) groups excluding carboxylic acids is 1. The molecule has 3 aliphatic rings. The fourth-order valence-corrected chi connectivity index (χ4v) is 3.84. The van der Waals surface area contributed by atoms with E-state index in [2.05, 4.69) is 22.9 Å². The van der Waals surface area contributed by atoms with Gasteiger partial charge in [0.05, 0.1) is 24.8 Å². The average molecular weight is 514 g/mol. The molecule has 1 saturated carbocycles. The lowest BCUT2D eigenvalue weighted by molar-refractivity contribution is -0.123. The van der Waals surface area contributed by atoms with Crippen LogP contribution in [-0.2, 0) is 16.1 Å². The Morgan fingerprint density at radius 3 is 2.79 bits per heavy atom. The highest BCUT2D eigenvalue weighted by atomic mass is 127. The molecule has 2 saturated heterocycles. The number of benzene rings is 1. The zero-order valence-electron chi connectivity index (χ0n) is 16.9. The second-order valence-corrected chi connectivity index (χ2v) is 7.83. The van der Waals surface area contributed by atoms with Crippen LogP contribution in [-0.4, -0.2) is 49.3 Å². The largest absolute Gasteiger partial charge is 0.484 e. The van der Waals surface area contributed by atoms with Gasteiger partial charge in [0, 0.05) is 12.6 Å². The third-order valence-electron chi connectivity index (χ3n) is 5.40. The van der Waals surface area contributed by atoms with Crippen LogP contribution in [0.2, 0.25) is 0 Å². The molecule has 1 amide bonds. The highest BCUT2D eigenvalue weighted by molar-refractivity contribution is 14.0. The standard InChI is InChI=1S/C21H30N4O3.HI/c1-2-22-21(25-18-11-17-8-9-19(18)28-17)23-12-14-4-3-5-16(10-14)27-13-20(26)24-15-6-7-15;/h3-5,10,15,17-19H,2,6-9,11-13H2,1H3,(H,24,26)(H2,22,23,25);1H. The Morgan fingerprint density at radius 2 is 2.10 bits per heavy atom. The van der Waals surface area contributed by atoms with Crippen LogP contribution >= 0.6 is 24.0 Å². The van der Waals surface area contributed by atoms with Crippen molar-refractivity contribution in [3.63, 3.8) is 0 Å². The molecule has 4 rings (SSSR count). The maximum absolute atomic E-state index is 11.8. The van der Waals surface area contributed by atoms with E-state index in [4.69, 9.17) is 14.5 Å². The monoisotopic (exact) mass is 514 g/mol. The molecule has 0 aromatic heterocycles. The zero-order valence-corrected chi connectivity index (χ0v) is 19.2. The number of hydrogen-bond donors (Lipinski definition) is 3. The van der Waals surface area contributed by atoms with E-state index in [1.165, 1.54) is 6.42 Å². The number of halogens is 1. The molecule has 3 N–H and O–H groups in total. The van der Waals surface area contributed by atoms with Crippen molar-refractivity contribution in [1.82, 2.24) is 16.0 Å². The highest BCUT2D eigenvalue weighted by Gasteiger charge is 2.41. The molecular formula is C21H31IN4O3. The molecule has 7 nitrogen and oxygen atoms in total. The smallest absolute Gasteiger partial charge is 0.258 e. The molecule has 0 radical (unpaired) electrons. The Morgan fingerprint density at radius 1 is 1.24 bits per heavy atom. The van der Waals surface area contributed by atoms with E-state index in [0.717, 1.165) is 43.8 Å². The lowest BCUT2D eigenvalue weighted by Gasteiger charge is -2.22. The third-order valence-corrected chi connectivity index (χ3v) is 5.40. The lowest BCUT2D eigenvalue weighted by Crippen LogP contribution is -2.47. The van der Waals surface area contributed by atoms with Gasteiger partial charge in [-0.3, -0.25) is 4.79 Å². The molecular weight excluding hydrogens is 483 g/mol. The molecule has 3 unspecified atom stereocenters. The summed E-state index contributed by atoms with van der Waals surface area (Å²) >= 11 is 0. The van der Waals surface area contributed by atoms with Gasteiger partial charge >= 0.3 is 0 Å². The van der Waals surface area contributed by atoms with Crippen molar-refractivity contribution in [1.29, 1.82) is 0 Å². The molecule has 2 heterocycles. The van der Waals surface area contributed by atoms with Crippen molar-refractivity contribution < 1.29 is 14.3 Å². The van der Waals surface area contributed by atoms with Crippen LogP contribution in [0.15, 0.2) is 29.3 Å². The van der Waals surface area contributed by atoms with Crippen molar-refractivity contribution in [3.05, 3.63) is 29.8 Å². The van der Waals surface area contributed by atoms with Crippen LogP contribution in [0.1, 0.15) is 44.6 Å². The predicted octanol–water partition coefficient (Wildman–Crippen LogP) is 2.34. The first-order valence-corrected chi connectivity index (χ1v) is 10.4. The summed E-state index contributed by atoms with van der Waals surface area (Å²) < 4.78 is 11.5. The van der Waals surface area contributed by atoms with Crippen LogP contribution < -0.4 is 20.7 Å². The molecule has 0 spiro atoms. The fourth-order valence-electron chi connectivity index (χ4n) is 3.84.